The fourth-order valence-corrected chi connectivity index (χ4v) is 3.20. The lowest BCUT2D eigenvalue weighted by molar-refractivity contribution is -0.126. The van der Waals surface area contributed by atoms with Crippen molar-refractivity contribution < 1.29 is 22.8 Å². The molecule has 33 heavy (non-hydrogen) atoms. The Bertz CT molecular complexity index is 920. The van der Waals surface area contributed by atoms with Crippen LogP contribution in [0.25, 0.3) is 0 Å². The minimum absolute atomic E-state index is 0.0435. The van der Waals surface area contributed by atoms with Crippen LogP contribution >= 0.6 is 0 Å². The SMILES string of the molecule is CCCC(NC(=O)Cc1cc(F)cc(F)c1)C(=O)Nc1ncc(C(C)NCCC(C)(C)C)o1. The van der Waals surface area contributed by atoms with Gasteiger partial charge in [0, 0.05) is 6.07 Å². The molecule has 2 atom stereocenters. The first kappa shape index (κ1) is 26.4. The molecule has 2 unspecified atom stereocenters. The molecule has 1 heterocycles. The Morgan fingerprint density at radius 3 is 2.42 bits per heavy atom. The lowest BCUT2D eigenvalue weighted by atomic mass is 9.92. The molecule has 182 valence electrons. The van der Waals surface area contributed by atoms with Crippen LogP contribution in [0, 0.1) is 17.0 Å². The van der Waals surface area contributed by atoms with Crippen molar-refractivity contribution in [3.63, 3.8) is 0 Å². The average Bonchev–Trinajstić information content (AvgIpc) is 3.14. The van der Waals surface area contributed by atoms with Gasteiger partial charge >= 0.3 is 6.01 Å². The predicted molar refractivity (Wildman–Crippen MR) is 123 cm³/mol. The van der Waals surface area contributed by atoms with Gasteiger partial charge in [0.05, 0.1) is 18.7 Å². The van der Waals surface area contributed by atoms with Gasteiger partial charge in [-0.25, -0.2) is 13.8 Å². The smallest absolute Gasteiger partial charge is 0.301 e. The number of hydrogen-bond acceptors (Lipinski definition) is 5. The summed E-state index contributed by atoms with van der Waals surface area (Å²) in [5.74, 6) is -1.93. The van der Waals surface area contributed by atoms with E-state index in [1.165, 1.54) is 0 Å². The molecule has 0 aliphatic rings. The zero-order valence-electron chi connectivity index (χ0n) is 19.9. The molecule has 0 aliphatic heterocycles. The van der Waals surface area contributed by atoms with E-state index in [4.69, 9.17) is 4.42 Å². The fraction of sp³-hybridized carbons (Fsp3) is 0.542. The summed E-state index contributed by atoms with van der Waals surface area (Å²) < 4.78 is 32.4. The molecule has 1 aromatic heterocycles. The van der Waals surface area contributed by atoms with Gasteiger partial charge in [0.25, 0.3) is 5.91 Å². The number of aromatic nitrogens is 1. The van der Waals surface area contributed by atoms with Gasteiger partial charge in [-0.3, -0.25) is 14.9 Å². The van der Waals surface area contributed by atoms with Crippen molar-refractivity contribution in [2.75, 3.05) is 11.9 Å². The quantitative estimate of drug-likeness (QED) is 0.455. The van der Waals surface area contributed by atoms with E-state index in [1.54, 1.807) is 6.20 Å². The molecule has 2 rings (SSSR count). The highest BCUT2D eigenvalue weighted by atomic mass is 19.1. The monoisotopic (exact) mass is 464 g/mol. The van der Waals surface area contributed by atoms with E-state index in [0.717, 1.165) is 31.2 Å². The summed E-state index contributed by atoms with van der Waals surface area (Å²) in [4.78, 5) is 29.2. The van der Waals surface area contributed by atoms with Gasteiger partial charge in [0.1, 0.15) is 23.4 Å². The van der Waals surface area contributed by atoms with Gasteiger partial charge in [0.15, 0.2) is 0 Å². The maximum atomic E-state index is 13.4. The maximum absolute atomic E-state index is 13.4. The third-order valence-corrected chi connectivity index (χ3v) is 5.02. The molecule has 0 saturated heterocycles. The number of nitrogens with one attached hydrogen (secondary N) is 3. The minimum atomic E-state index is -0.835. The van der Waals surface area contributed by atoms with E-state index in [-0.39, 0.29) is 29.5 Å². The summed E-state index contributed by atoms with van der Waals surface area (Å²) in [5.41, 5.74) is 0.403. The number of halogens is 2. The van der Waals surface area contributed by atoms with Gasteiger partial charge in [-0.2, -0.15) is 0 Å². The summed E-state index contributed by atoms with van der Waals surface area (Å²) in [7, 11) is 0. The van der Waals surface area contributed by atoms with Crippen LogP contribution in [-0.2, 0) is 16.0 Å². The van der Waals surface area contributed by atoms with Crippen LogP contribution < -0.4 is 16.0 Å². The lowest BCUT2D eigenvalue weighted by Crippen LogP contribution is -2.44. The number of amides is 2. The Morgan fingerprint density at radius 1 is 1.15 bits per heavy atom. The highest BCUT2D eigenvalue weighted by molar-refractivity contribution is 5.96. The Morgan fingerprint density at radius 2 is 1.82 bits per heavy atom. The first-order valence-electron chi connectivity index (χ1n) is 11.2. The summed E-state index contributed by atoms with van der Waals surface area (Å²) >= 11 is 0. The van der Waals surface area contributed by atoms with Gasteiger partial charge in [0.2, 0.25) is 5.91 Å². The van der Waals surface area contributed by atoms with Crippen molar-refractivity contribution in [1.82, 2.24) is 15.6 Å². The maximum Gasteiger partial charge on any atom is 0.301 e. The molecule has 0 bridgehead atoms. The van der Waals surface area contributed by atoms with E-state index in [1.807, 2.05) is 13.8 Å². The van der Waals surface area contributed by atoms with Crippen molar-refractivity contribution in [1.29, 1.82) is 0 Å². The Hall–Kier alpha value is -2.81. The lowest BCUT2D eigenvalue weighted by Gasteiger charge is -2.19. The third kappa shape index (κ3) is 9.29. The normalized spacial score (nSPS) is 13.4. The summed E-state index contributed by atoms with van der Waals surface area (Å²) in [6.45, 7) is 11.1. The second-order valence-corrected chi connectivity index (χ2v) is 9.41. The van der Waals surface area contributed by atoms with E-state index in [0.29, 0.717) is 18.6 Å². The van der Waals surface area contributed by atoms with Gasteiger partial charge in [-0.05, 0) is 49.4 Å². The van der Waals surface area contributed by atoms with Gasteiger partial charge in [-0.1, -0.05) is 34.1 Å². The van der Waals surface area contributed by atoms with E-state index < -0.39 is 29.5 Å². The molecule has 0 saturated carbocycles. The van der Waals surface area contributed by atoms with Gasteiger partial charge < -0.3 is 15.1 Å². The molecule has 2 aromatic rings. The number of carbonyl (C=O) groups excluding carboxylic acids is 2. The summed E-state index contributed by atoms with van der Waals surface area (Å²) in [6, 6.07) is 2.04. The zero-order chi connectivity index (χ0) is 24.6. The van der Waals surface area contributed by atoms with Gasteiger partial charge in [-0.15, -0.1) is 0 Å². The van der Waals surface area contributed by atoms with Crippen LogP contribution in [0.1, 0.15) is 71.2 Å². The summed E-state index contributed by atoms with van der Waals surface area (Å²) in [6.07, 6.45) is 3.32. The number of rotatable bonds is 11. The Labute approximate surface area is 193 Å². The third-order valence-electron chi connectivity index (χ3n) is 5.02. The molecule has 0 fully saturated rings. The minimum Gasteiger partial charge on any atom is -0.427 e. The van der Waals surface area contributed by atoms with Crippen molar-refractivity contribution >= 4 is 17.8 Å². The molecule has 2 amide bonds. The van der Waals surface area contributed by atoms with Crippen molar-refractivity contribution in [2.24, 2.45) is 5.41 Å². The highest BCUT2D eigenvalue weighted by Gasteiger charge is 2.22. The average molecular weight is 465 g/mol. The molecule has 0 spiro atoms. The predicted octanol–water partition coefficient (Wildman–Crippen LogP) is 4.51. The van der Waals surface area contributed by atoms with E-state index >= 15 is 0 Å². The van der Waals surface area contributed by atoms with Crippen LogP contribution in [0.2, 0.25) is 0 Å². The number of nitrogens with zero attached hydrogens (tertiary/aromatic N) is 1. The first-order valence-corrected chi connectivity index (χ1v) is 11.2. The molecular weight excluding hydrogens is 430 g/mol. The molecular formula is C24H34F2N4O3. The number of anilines is 1. The number of oxazole rings is 1. The fourth-order valence-electron chi connectivity index (χ4n) is 3.20. The Balaban J connectivity index is 1.93. The largest absolute Gasteiger partial charge is 0.427 e. The van der Waals surface area contributed by atoms with E-state index in [9.17, 15) is 18.4 Å². The molecule has 3 N–H and O–H groups in total. The second kappa shape index (κ2) is 11.9. The van der Waals surface area contributed by atoms with Crippen LogP contribution in [0.15, 0.2) is 28.8 Å². The van der Waals surface area contributed by atoms with Crippen LogP contribution in [0.5, 0.6) is 0 Å². The zero-order valence-corrected chi connectivity index (χ0v) is 19.9. The number of carbonyl (C=O) groups is 2. The Kier molecular flexibility index (Phi) is 9.52. The molecule has 7 nitrogen and oxygen atoms in total. The molecule has 0 aliphatic carbocycles. The standard InChI is InChI=1S/C24H34F2N4O3/c1-6-7-19(29-21(31)12-16-10-17(25)13-18(26)11-16)22(32)30-23-28-14-20(33-23)15(2)27-9-8-24(3,4)5/h10-11,13-15,19,27H,6-9,12H2,1-5H3,(H,29,31)(H,28,30,32). The molecule has 9 heteroatoms. The topological polar surface area (TPSA) is 96.3 Å². The summed E-state index contributed by atoms with van der Waals surface area (Å²) in [5, 5.41) is 8.58. The number of benzene rings is 1. The second-order valence-electron chi connectivity index (χ2n) is 9.41. The van der Waals surface area contributed by atoms with E-state index in [2.05, 4.69) is 41.7 Å². The first-order chi connectivity index (χ1) is 15.5. The molecule has 1 aromatic carbocycles. The van der Waals surface area contributed by atoms with Crippen molar-refractivity contribution in [3.05, 3.63) is 47.4 Å². The van der Waals surface area contributed by atoms with Crippen LogP contribution in [0.3, 0.4) is 0 Å². The highest BCUT2D eigenvalue weighted by Crippen LogP contribution is 2.20. The number of hydrogen-bond donors (Lipinski definition) is 3. The van der Waals surface area contributed by atoms with Crippen molar-refractivity contribution in [3.8, 4) is 0 Å². The van der Waals surface area contributed by atoms with Crippen molar-refractivity contribution in [2.45, 2.75) is 72.4 Å². The van der Waals surface area contributed by atoms with Crippen LogP contribution in [0.4, 0.5) is 14.8 Å². The molecule has 0 radical (unpaired) electrons. The van der Waals surface area contributed by atoms with Crippen LogP contribution in [-0.4, -0.2) is 29.4 Å².